The van der Waals surface area contributed by atoms with Crippen molar-refractivity contribution in [3.8, 4) is 11.5 Å². The Morgan fingerprint density at radius 3 is 2.70 bits per heavy atom. The van der Waals surface area contributed by atoms with Gasteiger partial charge in [0.1, 0.15) is 11.9 Å². The Morgan fingerprint density at radius 1 is 1.15 bits per heavy atom. The highest BCUT2D eigenvalue weighted by Gasteiger charge is 2.28. The number of methoxy groups -OCH3 is 2. The van der Waals surface area contributed by atoms with Crippen LogP contribution in [-0.2, 0) is 0 Å². The fourth-order valence-corrected chi connectivity index (χ4v) is 3.30. The molecule has 1 aliphatic heterocycles. The van der Waals surface area contributed by atoms with E-state index in [9.17, 15) is 4.39 Å². The Kier molecular flexibility index (Phi) is 4.41. The molecule has 2 heterocycles. The summed E-state index contributed by atoms with van der Waals surface area (Å²) in [5.41, 5.74) is 1.80. The molecule has 0 saturated carbocycles. The highest BCUT2D eigenvalue weighted by atomic mass is 35.5. The molecule has 27 heavy (non-hydrogen) atoms. The third-order valence-electron chi connectivity index (χ3n) is 4.32. The first-order valence-corrected chi connectivity index (χ1v) is 8.43. The maximum atomic E-state index is 14.5. The third kappa shape index (κ3) is 2.97. The Labute approximate surface area is 159 Å². The van der Waals surface area contributed by atoms with Crippen molar-refractivity contribution in [1.82, 2.24) is 20.2 Å². The minimum absolute atomic E-state index is 0.297. The van der Waals surface area contributed by atoms with Gasteiger partial charge in [-0.05, 0) is 46.8 Å². The van der Waals surface area contributed by atoms with Gasteiger partial charge in [-0.2, -0.15) is 4.68 Å². The van der Waals surface area contributed by atoms with Crippen LogP contribution in [0.5, 0.6) is 11.5 Å². The van der Waals surface area contributed by atoms with E-state index in [0.29, 0.717) is 33.7 Å². The quantitative estimate of drug-likeness (QED) is 0.738. The lowest BCUT2D eigenvalue weighted by molar-refractivity contribution is 0.355. The van der Waals surface area contributed by atoms with Crippen molar-refractivity contribution in [3.63, 3.8) is 0 Å². The van der Waals surface area contributed by atoms with E-state index in [1.807, 2.05) is 18.2 Å². The molecular weight excluding hydrogens is 373 g/mol. The number of anilines is 1. The molecule has 1 aliphatic rings. The molecular formula is C18H15ClFN5O2. The van der Waals surface area contributed by atoms with Crippen LogP contribution in [-0.4, -0.2) is 34.4 Å². The molecule has 0 bridgehead atoms. The Balaban J connectivity index is 1.85. The summed E-state index contributed by atoms with van der Waals surface area (Å²) in [6.07, 6.45) is 1.81. The fraction of sp³-hybridized carbons (Fsp3) is 0.167. The molecule has 138 valence electrons. The summed E-state index contributed by atoms with van der Waals surface area (Å²) in [5.74, 6) is 1.13. The Hall–Kier alpha value is -3.13. The zero-order valence-electron chi connectivity index (χ0n) is 14.5. The highest BCUT2D eigenvalue weighted by molar-refractivity contribution is 6.31. The van der Waals surface area contributed by atoms with Crippen molar-refractivity contribution < 1.29 is 13.9 Å². The van der Waals surface area contributed by atoms with E-state index in [-0.39, 0.29) is 0 Å². The number of rotatable bonds is 4. The largest absolute Gasteiger partial charge is 0.493 e. The van der Waals surface area contributed by atoms with Crippen molar-refractivity contribution in [2.75, 3.05) is 19.5 Å². The molecule has 0 radical (unpaired) electrons. The molecule has 0 spiro atoms. The topological polar surface area (TPSA) is 74.1 Å². The lowest BCUT2D eigenvalue weighted by atomic mass is 10.0. The first-order chi connectivity index (χ1) is 13.1. The van der Waals surface area contributed by atoms with E-state index < -0.39 is 11.9 Å². The normalized spacial score (nSPS) is 15.6. The molecule has 0 amide bonds. The van der Waals surface area contributed by atoms with Gasteiger partial charge in [0.15, 0.2) is 11.5 Å². The smallest absolute Gasteiger partial charge is 0.248 e. The van der Waals surface area contributed by atoms with Crippen molar-refractivity contribution >= 4 is 23.2 Å². The summed E-state index contributed by atoms with van der Waals surface area (Å²) >= 11 is 6.27. The molecule has 4 rings (SSSR count). The van der Waals surface area contributed by atoms with Gasteiger partial charge < -0.3 is 14.8 Å². The average Bonchev–Trinajstić information content (AvgIpc) is 3.16. The van der Waals surface area contributed by atoms with Gasteiger partial charge in [0, 0.05) is 21.8 Å². The maximum absolute atomic E-state index is 14.5. The van der Waals surface area contributed by atoms with Gasteiger partial charge in [-0.1, -0.05) is 22.8 Å². The summed E-state index contributed by atoms with van der Waals surface area (Å²) in [4.78, 5) is 0. The predicted molar refractivity (Wildman–Crippen MR) is 98.5 cm³/mol. The van der Waals surface area contributed by atoms with Crippen molar-refractivity contribution in [2.24, 2.45) is 0 Å². The number of hydrogen-bond donors (Lipinski definition) is 1. The summed E-state index contributed by atoms with van der Waals surface area (Å²) < 4.78 is 26.7. The molecule has 0 fully saturated rings. The van der Waals surface area contributed by atoms with Crippen LogP contribution >= 0.6 is 11.6 Å². The molecule has 1 atom stereocenters. The van der Waals surface area contributed by atoms with Crippen LogP contribution in [0.1, 0.15) is 17.2 Å². The number of nitrogens with one attached hydrogen (secondary N) is 1. The van der Waals surface area contributed by atoms with Crippen molar-refractivity contribution in [1.29, 1.82) is 0 Å². The Morgan fingerprint density at radius 2 is 1.96 bits per heavy atom. The third-order valence-corrected chi connectivity index (χ3v) is 4.65. The second-order valence-electron chi connectivity index (χ2n) is 5.80. The number of allylic oxidation sites excluding steroid dienone is 1. The van der Waals surface area contributed by atoms with E-state index in [1.165, 1.54) is 10.7 Å². The van der Waals surface area contributed by atoms with Gasteiger partial charge in [0.05, 0.1) is 14.2 Å². The van der Waals surface area contributed by atoms with Crippen LogP contribution in [0.25, 0.3) is 5.70 Å². The van der Waals surface area contributed by atoms with Crippen LogP contribution in [0.2, 0.25) is 5.02 Å². The zero-order valence-corrected chi connectivity index (χ0v) is 15.2. The maximum Gasteiger partial charge on any atom is 0.248 e. The summed E-state index contributed by atoms with van der Waals surface area (Å²) in [7, 11) is 3.13. The lowest BCUT2D eigenvalue weighted by Gasteiger charge is -2.24. The highest BCUT2D eigenvalue weighted by Crippen LogP contribution is 2.37. The van der Waals surface area contributed by atoms with Crippen LogP contribution in [0.15, 0.2) is 42.5 Å². The SMILES string of the molecule is COc1ccc(C2=C[C@@H](c3c(F)cccc3Cl)n3nnnc3N2)cc1OC. The van der Waals surface area contributed by atoms with Crippen molar-refractivity contribution in [3.05, 3.63) is 64.4 Å². The summed E-state index contributed by atoms with van der Waals surface area (Å²) in [6, 6.07) is 9.42. The predicted octanol–water partition coefficient (Wildman–Crippen LogP) is 3.54. The van der Waals surface area contributed by atoms with Crippen LogP contribution < -0.4 is 14.8 Å². The number of hydrogen-bond acceptors (Lipinski definition) is 6. The average molecular weight is 388 g/mol. The second-order valence-corrected chi connectivity index (χ2v) is 6.21. The van der Waals surface area contributed by atoms with Crippen LogP contribution in [0.4, 0.5) is 10.3 Å². The number of benzene rings is 2. The number of fused-ring (bicyclic) bond motifs is 1. The minimum atomic E-state index is -0.604. The Bertz CT molecular complexity index is 1020. The summed E-state index contributed by atoms with van der Waals surface area (Å²) in [6.45, 7) is 0. The lowest BCUT2D eigenvalue weighted by Crippen LogP contribution is -2.21. The zero-order chi connectivity index (χ0) is 19.0. The van der Waals surface area contributed by atoms with E-state index in [1.54, 1.807) is 32.4 Å². The van der Waals surface area contributed by atoms with Crippen LogP contribution in [0.3, 0.4) is 0 Å². The van der Waals surface area contributed by atoms with Gasteiger partial charge in [-0.25, -0.2) is 4.39 Å². The van der Waals surface area contributed by atoms with Gasteiger partial charge in [-0.15, -0.1) is 0 Å². The van der Waals surface area contributed by atoms with Crippen LogP contribution in [0, 0.1) is 5.82 Å². The first-order valence-electron chi connectivity index (χ1n) is 8.05. The van der Waals surface area contributed by atoms with Gasteiger partial charge >= 0.3 is 0 Å². The molecule has 7 nitrogen and oxygen atoms in total. The molecule has 0 unspecified atom stereocenters. The molecule has 2 aromatic carbocycles. The van der Waals surface area contributed by atoms with E-state index >= 15 is 0 Å². The molecule has 1 N–H and O–H groups in total. The van der Waals surface area contributed by atoms with Gasteiger partial charge in [-0.3, -0.25) is 0 Å². The van der Waals surface area contributed by atoms with Gasteiger partial charge in [0.25, 0.3) is 0 Å². The molecule has 0 saturated heterocycles. The molecule has 1 aromatic heterocycles. The number of aromatic nitrogens is 4. The number of nitrogens with zero attached hydrogens (tertiary/aromatic N) is 4. The number of tetrazole rings is 1. The monoisotopic (exact) mass is 387 g/mol. The van der Waals surface area contributed by atoms with E-state index in [2.05, 4.69) is 20.8 Å². The molecule has 0 aliphatic carbocycles. The molecule has 9 heteroatoms. The van der Waals surface area contributed by atoms with Crippen molar-refractivity contribution in [2.45, 2.75) is 6.04 Å². The molecule has 3 aromatic rings. The first kappa shape index (κ1) is 17.3. The standard InChI is InChI=1S/C18H15ClFN5O2/c1-26-15-7-6-10(8-16(15)27-2)13-9-14(25-18(21-13)22-23-24-25)17-11(19)4-3-5-12(17)20/h3-9,14H,1-2H3,(H,21,22,24)/t14-/m0/s1. The minimum Gasteiger partial charge on any atom is -0.493 e. The van der Waals surface area contributed by atoms with E-state index in [0.717, 1.165) is 5.56 Å². The second kappa shape index (κ2) is 6.88. The fourth-order valence-electron chi connectivity index (χ4n) is 3.02. The summed E-state index contributed by atoms with van der Waals surface area (Å²) in [5, 5.41) is 15.1. The number of ether oxygens (including phenoxy) is 2. The van der Waals surface area contributed by atoms with Gasteiger partial charge in [0.2, 0.25) is 5.95 Å². The van der Waals surface area contributed by atoms with E-state index in [4.69, 9.17) is 21.1 Å². The number of halogens is 2.